The highest BCUT2D eigenvalue weighted by Crippen LogP contribution is 2.41. The van der Waals surface area contributed by atoms with E-state index in [0.717, 1.165) is 35.2 Å². The van der Waals surface area contributed by atoms with Crippen LogP contribution in [0.5, 0.6) is 0 Å². The van der Waals surface area contributed by atoms with Gasteiger partial charge in [0, 0.05) is 17.2 Å². The van der Waals surface area contributed by atoms with E-state index in [9.17, 15) is 19.5 Å². The van der Waals surface area contributed by atoms with Crippen LogP contribution < -0.4 is 14.9 Å². The van der Waals surface area contributed by atoms with Crippen molar-refractivity contribution in [2.75, 3.05) is 7.11 Å². The summed E-state index contributed by atoms with van der Waals surface area (Å²) in [5.74, 6) is -0.654. The largest absolute Gasteiger partial charge is 0.478 e. The molecule has 2 aliphatic rings. The number of thiazole rings is 1. The number of hydrogen-bond acceptors (Lipinski definition) is 7. The van der Waals surface area contributed by atoms with Gasteiger partial charge < -0.3 is 14.3 Å². The summed E-state index contributed by atoms with van der Waals surface area (Å²) < 4.78 is 13.0. The number of aromatic nitrogens is 1. The number of furan rings is 1. The number of hydrogen-bond donors (Lipinski definition) is 1. The minimum atomic E-state index is -1.05. The van der Waals surface area contributed by atoms with E-state index >= 15 is 0 Å². The summed E-state index contributed by atoms with van der Waals surface area (Å²) in [5, 5.41) is 9.59. The summed E-state index contributed by atoms with van der Waals surface area (Å²) in [4.78, 5) is 43.4. The van der Waals surface area contributed by atoms with Crippen LogP contribution in [0.1, 0.15) is 55.6 Å². The molecular formula is C34H24N2O6S. The number of nitrogens with zero attached hydrogens (tertiary/aromatic N) is 2. The van der Waals surface area contributed by atoms with Gasteiger partial charge in [0.2, 0.25) is 0 Å². The average molecular weight is 589 g/mol. The van der Waals surface area contributed by atoms with Crippen molar-refractivity contribution in [3.05, 3.63) is 144 Å². The Balaban J connectivity index is 1.38. The summed E-state index contributed by atoms with van der Waals surface area (Å²) in [6.07, 6.45) is 3.25. The van der Waals surface area contributed by atoms with Crippen molar-refractivity contribution in [1.82, 2.24) is 4.57 Å². The fraction of sp³-hybridized carbons (Fsp3) is 0.118. The van der Waals surface area contributed by atoms with Crippen molar-refractivity contribution in [1.29, 1.82) is 0 Å². The number of benzene rings is 3. The summed E-state index contributed by atoms with van der Waals surface area (Å²) in [5.41, 5.74) is 5.88. The molecule has 1 aliphatic heterocycles. The van der Waals surface area contributed by atoms with Gasteiger partial charge in [-0.3, -0.25) is 9.36 Å². The number of aryl methyl sites for hydroxylation is 1. The monoisotopic (exact) mass is 588 g/mol. The van der Waals surface area contributed by atoms with Crippen molar-refractivity contribution in [2.24, 2.45) is 4.99 Å². The van der Waals surface area contributed by atoms with E-state index in [1.54, 1.807) is 53.1 Å². The van der Waals surface area contributed by atoms with Gasteiger partial charge in [-0.15, -0.1) is 0 Å². The lowest BCUT2D eigenvalue weighted by Crippen LogP contribution is -2.38. The van der Waals surface area contributed by atoms with Crippen molar-refractivity contribution in [2.45, 2.75) is 18.9 Å². The number of carboxylic acids is 1. The predicted octanol–water partition coefficient (Wildman–Crippen LogP) is 5.06. The minimum Gasteiger partial charge on any atom is -0.478 e. The van der Waals surface area contributed by atoms with Crippen LogP contribution in [0.3, 0.4) is 0 Å². The van der Waals surface area contributed by atoms with E-state index in [-0.39, 0.29) is 11.1 Å². The highest BCUT2D eigenvalue weighted by Gasteiger charge is 2.32. The SMILES string of the molecule is COC(=O)c1ccc([C@@H]2C3=C(N=c4s/c(=C/c5ccc(-c6ccccc6C(=O)O)o5)c(=O)n42)c2ccccc2CC3)cc1. The van der Waals surface area contributed by atoms with Crippen LogP contribution in [0.25, 0.3) is 23.1 Å². The summed E-state index contributed by atoms with van der Waals surface area (Å²) in [6, 6.07) is 25.0. The van der Waals surface area contributed by atoms with Crippen LogP contribution >= 0.6 is 11.3 Å². The molecule has 2 aromatic heterocycles. The van der Waals surface area contributed by atoms with Gasteiger partial charge in [0.05, 0.1) is 34.5 Å². The van der Waals surface area contributed by atoms with Gasteiger partial charge in [-0.05, 0) is 59.9 Å². The van der Waals surface area contributed by atoms with E-state index in [1.165, 1.54) is 30.1 Å². The number of carbonyl (C=O) groups excluding carboxylic acids is 1. The fourth-order valence-electron chi connectivity index (χ4n) is 5.83. The number of carboxylic acid groups (broad SMARTS) is 1. The molecule has 9 heteroatoms. The van der Waals surface area contributed by atoms with Crippen molar-refractivity contribution >= 4 is 35.0 Å². The van der Waals surface area contributed by atoms with Gasteiger partial charge in [-0.25, -0.2) is 14.6 Å². The molecule has 212 valence electrons. The lowest BCUT2D eigenvalue weighted by atomic mass is 9.83. The Morgan fingerprint density at radius 1 is 0.977 bits per heavy atom. The molecular weight excluding hydrogens is 564 g/mol. The van der Waals surface area contributed by atoms with Gasteiger partial charge in [0.15, 0.2) is 4.80 Å². The number of fused-ring (bicyclic) bond motifs is 3. The maximum Gasteiger partial charge on any atom is 0.337 e. The van der Waals surface area contributed by atoms with Crippen LogP contribution in [0, 0.1) is 0 Å². The lowest BCUT2D eigenvalue weighted by Gasteiger charge is -2.30. The normalized spacial score (nSPS) is 15.7. The van der Waals surface area contributed by atoms with Crippen molar-refractivity contribution in [3.8, 4) is 11.3 Å². The molecule has 5 aromatic rings. The second kappa shape index (κ2) is 10.5. The zero-order chi connectivity index (χ0) is 29.7. The van der Waals surface area contributed by atoms with Crippen LogP contribution in [-0.4, -0.2) is 28.7 Å². The van der Waals surface area contributed by atoms with Gasteiger partial charge in [0.1, 0.15) is 11.5 Å². The fourth-order valence-corrected chi connectivity index (χ4v) is 6.81. The average Bonchev–Trinajstić information content (AvgIpc) is 3.63. The summed E-state index contributed by atoms with van der Waals surface area (Å²) in [6.45, 7) is 0. The Bertz CT molecular complexity index is 2150. The third-order valence-corrected chi connectivity index (χ3v) is 8.83. The molecule has 0 spiro atoms. The molecule has 0 fully saturated rings. The number of carbonyl (C=O) groups is 2. The molecule has 0 amide bonds. The van der Waals surface area contributed by atoms with Gasteiger partial charge in [-0.1, -0.05) is 65.9 Å². The topological polar surface area (TPSA) is 111 Å². The third kappa shape index (κ3) is 4.54. The van der Waals surface area contributed by atoms with Crippen LogP contribution in [0.2, 0.25) is 0 Å². The molecule has 8 nitrogen and oxygen atoms in total. The Morgan fingerprint density at radius 2 is 1.72 bits per heavy atom. The second-order valence-corrected chi connectivity index (χ2v) is 11.3. The highest BCUT2D eigenvalue weighted by molar-refractivity contribution is 7.07. The molecule has 1 N–H and O–H groups in total. The van der Waals surface area contributed by atoms with Crippen LogP contribution in [0.4, 0.5) is 0 Å². The number of aromatic carboxylic acids is 1. The van der Waals surface area contributed by atoms with Gasteiger partial charge in [-0.2, -0.15) is 0 Å². The standard InChI is InChI=1S/C34H24N2O6S/c1-41-33(40)21-12-10-20(11-13-21)30-26-16-14-19-6-2-3-7-23(19)29(26)35-34-36(30)31(37)28(43-34)18-22-15-17-27(42-22)24-8-4-5-9-25(24)32(38)39/h2-13,15,17-18,30H,14,16H2,1H3,(H,38,39)/b28-18+/t30-/m1/s1. The Labute approximate surface area is 249 Å². The molecule has 7 rings (SSSR count). The molecule has 1 aliphatic carbocycles. The molecule has 0 bridgehead atoms. The lowest BCUT2D eigenvalue weighted by molar-refractivity contribution is 0.0599. The predicted molar refractivity (Wildman–Crippen MR) is 162 cm³/mol. The zero-order valence-corrected chi connectivity index (χ0v) is 23.8. The quantitative estimate of drug-likeness (QED) is 0.287. The molecule has 0 saturated carbocycles. The van der Waals surface area contributed by atoms with E-state index in [2.05, 4.69) is 12.1 Å². The Morgan fingerprint density at radius 3 is 2.49 bits per heavy atom. The first kappa shape index (κ1) is 26.6. The van der Waals surface area contributed by atoms with Gasteiger partial charge >= 0.3 is 11.9 Å². The molecule has 43 heavy (non-hydrogen) atoms. The Kier molecular flexibility index (Phi) is 6.51. The Hall–Kier alpha value is -5.28. The number of rotatable bonds is 5. The molecule has 0 radical (unpaired) electrons. The smallest absolute Gasteiger partial charge is 0.337 e. The first-order valence-corrected chi connectivity index (χ1v) is 14.5. The summed E-state index contributed by atoms with van der Waals surface area (Å²) in [7, 11) is 1.34. The third-order valence-electron chi connectivity index (χ3n) is 7.84. The van der Waals surface area contributed by atoms with Crippen molar-refractivity contribution < 1.29 is 23.8 Å². The minimum absolute atomic E-state index is 0.131. The number of ether oxygens (including phenoxy) is 1. The maximum atomic E-state index is 14.0. The summed E-state index contributed by atoms with van der Waals surface area (Å²) >= 11 is 1.28. The molecule has 3 aromatic carbocycles. The van der Waals surface area contributed by atoms with Crippen molar-refractivity contribution in [3.63, 3.8) is 0 Å². The molecule has 1 atom stereocenters. The van der Waals surface area contributed by atoms with E-state index in [4.69, 9.17) is 14.1 Å². The number of allylic oxidation sites excluding steroid dienone is 1. The molecule has 0 unspecified atom stereocenters. The van der Waals surface area contributed by atoms with Crippen LogP contribution in [-0.2, 0) is 11.2 Å². The maximum absolute atomic E-state index is 14.0. The number of methoxy groups -OCH3 is 1. The van der Waals surface area contributed by atoms with E-state index < -0.39 is 18.0 Å². The van der Waals surface area contributed by atoms with E-state index in [1.807, 2.05) is 24.3 Å². The first-order valence-electron chi connectivity index (χ1n) is 13.7. The van der Waals surface area contributed by atoms with Gasteiger partial charge in [0.25, 0.3) is 5.56 Å². The van der Waals surface area contributed by atoms with Crippen LogP contribution in [0.15, 0.2) is 105 Å². The van der Waals surface area contributed by atoms with E-state index in [0.29, 0.717) is 32.0 Å². The number of esters is 1. The zero-order valence-electron chi connectivity index (χ0n) is 22.9. The first-order chi connectivity index (χ1) is 20.9. The molecule has 0 saturated heterocycles. The highest BCUT2D eigenvalue weighted by atomic mass is 32.1. The second-order valence-electron chi connectivity index (χ2n) is 10.3. The molecule has 3 heterocycles.